The van der Waals surface area contributed by atoms with Crippen LogP contribution in [0.4, 0.5) is 19.0 Å². The molecule has 1 atom stereocenters. The van der Waals surface area contributed by atoms with Crippen molar-refractivity contribution < 1.29 is 22.8 Å². The quantitative estimate of drug-likeness (QED) is 0.495. The van der Waals surface area contributed by atoms with Crippen LogP contribution in [0.2, 0.25) is 0 Å². The Hall–Kier alpha value is -4.02. The number of fused-ring (bicyclic) bond motifs is 1. The maximum Gasteiger partial charge on any atom is 0.434 e. The fraction of sp³-hybridized carbons (Fsp3) is 0.414. The number of carbonyl (C=O) groups excluding carboxylic acids is 2. The highest BCUT2D eigenvalue weighted by molar-refractivity contribution is 5.96. The number of aryl methyl sites for hydroxylation is 3. The molecular weight excluding hydrogens is 521 g/mol. The van der Waals surface area contributed by atoms with Crippen LogP contribution >= 0.6 is 0 Å². The molecule has 2 aliphatic rings. The van der Waals surface area contributed by atoms with Gasteiger partial charge in [0.05, 0.1) is 11.6 Å². The lowest BCUT2D eigenvalue weighted by atomic mass is 10.00. The van der Waals surface area contributed by atoms with Crippen molar-refractivity contribution in [3.63, 3.8) is 0 Å². The second-order valence-corrected chi connectivity index (χ2v) is 10.4. The Balaban J connectivity index is 1.26. The second-order valence-electron chi connectivity index (χ2n) is 10.4. The molecule has 210 valence electrons. The molecule has 1 aliphatic carbocycles. The van der Waals surface area contributed by atoms with E-state index in [1.54, 1.807) is 24.1 Å². The number of hydrogen-bond donors (Lipinski definition) is 1. The van der Waals surface area contributed by atoms with Crippen LogP contribution in [0.15, 0.2) is 42.6 Å². The summed E-state index contributed by atoms with van der Waals surface area (Å²) in [5.74, 6) is 0.668. The Labute approximate surface area is 230 Å². The lowest BCUT2D eigenvalue weighted by Gasteiger charge is -2.37. The molecule has 1 saturated heterocycles. The van der Waals surface area contributed by atoms with Gasteiger partial charge >= 0.3 is 6.18 Å². The molecule has 1 aliphatic heterocycles. The molecule has 3 aromatic rings. The zero-order valence-corrected chi connectivity index (χ0v) is 22.6. The summed E-state index contributed by atoms with van der Waals surface area (Å²) in [6.07, 6.45) is -0.947. The highest BCUT2D eigenvalue weighted by atomic mass is 19.4. The first kappa shape index (κ1) is 27.5. The Bertz CT molecular complexity index is 1420. The van der Waals surface area contributed by atoms with E-state index in [0.29, 0.717) is 18.4 Å². The summed E-state index contributed by atoms with van der Waals surface area (Å²) in [4.78, 5) is 42.6. The van der Waals surface area contributed by atoms with E-state index in [9.17, 15) is 22.8 Å². The van der Waals surface area contributed by atoms with E-state index in [-0.39, 0.29) is 11.9 Å². The molecule has 1 aromatic carbocycles. The van der Waals surface area contributed by atoms with Crippen LogP contribution in [0.25, 0.3) is 0 Å². The van der Waals surface area contributed by atoms with Gasteiger partial charge in [-0.3, -0.25) is 14.6 Å². The van der Waals surface area contributed by atoms with E-state index in [1.807, 2.05) is 26.0 Å². The molecule has 0 spiro atoms. The SMILES string of the molecule is Cc1cc(N2CCC(N(C)C(=O)c3ccc4c(c3)[C@H](NC(=O)c3cccnc3C(F)(F)F)CC4)CC2)nc(C)n1. The molecule has 2 amide bonds. The lowest BCUT2D eigenvalue weighted by molar-refractivity contribution is -0.141. The maximum atomic E-state index is 13.5. The highest BCUT2D eigenvalue weighted by Crippen LogP contribution is 2.34. The topological polar surface area (TPSA) is 91.3 Å². The smallest absolute Gasteiger partial charge is 0.356 e. The van der Waals surface area contributed by atoms with Gasteiger partial charge in [-0.25, -0.2) is 9.97 Å². The number of nitrogens with one attached hydrogen (secondary N) is 1. The number of halogens is 3. The Morgan fingerprint density at radius 1 is 1.05 bits per heavy atom. The molecule has 0 unspecified atom stereocenters. The third-order valence-corrected chi connectivity index (χ3v) is 7.71. The molecule has 1 N–H and O–H groups in total. The predicted molar refractivity (Wildman–Crippen MR) is 143 cm³/mol. The van der Waals surface area contributed by atoms with Crippen molar-refractivity contribution in [2.45, 2.75) is 57.8 Å². The molecule has 8 nitrogen and oxygen atoms in total. The van der Waals surface area contributed by atoms with Gasteiger partial charge in [-0.2, -0.15) is 13.2 Å². The fourth-order valence-electron chi connectivity index (χ4n) is 5.65. The predicted octanol–water partition coefficient (Wildman–Crippen LogP) is 4.67. The van der Waals surface area contributed by atoms with Crippen molar-refractivity contribution >= 4 is 17.6 Å². The Kier molecular flexibility index (Phi) is 7.48. The van der Waals surface area contributed by atoms with Crippen LogP contribution in [-0.4, -0.2) is 57.8 Å². The van der Waals surface area contributed by atoms with E-state index in [1.165, 1.54) is 6.07 Å². The van der Waals surface area contributed by atoms with Crippen molar-refractivity contribution in [2.75, 3.05) is 25.0 Å². The van der Waals surface area contributed by atoms with Gasteiger partial charge in [0.1, 0.15) is 11.6 Å². The van der Waals surface area contributed by atoms with Gasteiger partial charge in [0.25, 0.3) is 11.8 Å². The number of rotatable bonds is 5. The van der Waals surface area contributed by atoms with Gasteiger partial charge in [-0.05, 0) is 74.9 Å². The third-order valence-electron chi connectivity index (χ3n) is 7.71. The number of carbonyl (C=O) groups is 2. The minimum Gasteiger partial charge on any atom is -0.356 e. The molecule has 0 saturated carbocycles. The molecule has 5 rings (SSSR count). The van der Waals surface area contributed by atoms with Gasteiger partial charge in [0, 0.05) is 49.7 Å². The van der Waals surface area contributed by atoms with E-state index in [4.69, 9.17) is 0 Å². The summed E-state index contributed by atoms with van der Waals surface area (Å²) < 4.78 is 40.1. The zero-order chi connectivity index (χ0) is 28.6. The standard InChI is InChI=1S/C29H31F3N6O2/c1-17-15-25(35-18(2)34-17)38-13-10-21(11-14-38)37(3)28(40)20-7-6-19-8-9-24(23(19)16-20)36-27(39)22-5-4-12-33-26(22)29(30,31)32/h4-7,12,15-16,21,24H,8-11,13-14H2,1-3H3,(H,36,39)/t24-/m1/s1. The monoisotopic (exact) mass is 552 g/mol. The largest absolute Gasteiger partial charge is 0.434 e. The van der Waals surface area contributed by atoms with Crippen LogP contribution in [0.1, 0.15) is 74.4 Å². The van der Waals surface area contributed by atoms with Gasteiger partial charge in [-0.15, -0.1) is 0 Å². The van der Waals surface area contributed by atoms with Crippen molar-refractivity contribution in [3.05, 3.63) is 82.1 Å². The second kappa shape index (κ2) is 10.9. The number of alkyl halides is 3. The van der Waals surface area contributed by atoms with E-state index in [0.717, 1.165) is 66.7 Å². The molecule has 2 aromatic heterocycles. The van der Waals surface area contributed by atoms with E-state index < -0.39 is 29.4 Å². The number of benzene rings is 1. The summed E-state index contributed by atoms with van der Waals surface area (Å²) in [5.41, 5.74) is 1.40. The summed E-state index contributed by atoms with van der Waals surface area (Å²) >= 11 is 0. The number of hydrogen-bond acceptors (Lipinski definition) is 6. The Morgan fingerprint density at radius 2 is 1.80 bits per heavy atom. The zero-order valence-electron chi connectivity index (χ0n) is 22.6. The van der Waals surface area contributed by atoms with E-state index >= 15 is 0 Å². The van der Waals surface area contributed by atoms with Crippen molar-refractivity contribution in [1.82, 2.24) is 25.2 Å². The molecule has 1 fully saturated rings. The number of pyridine rings is 1. The van der Waals surface area contributed by atoms with Crippen LogP contribution in [0, 0.1) is 13.8 Å². The molecular formula is C29H31F3N6O2. The molecule has 3 heterocycles. The lowest BCUT2D eigenvalue weighted by Crippen LogP contribution is -2.46. The van der Waals surface area contributed by atoms with Gasteiger partial charge in [-0.1, -0.05) is 6.07 Å². The van der Waals surface area contributed by atoms with Gasteiger partial charge < -0.3 is 15.1 Å². The van der Waals surface area contributed by atoms with E-state index in [2.05, 4.69) is 25.2 Å². The van der Waals surface area contributed by atoms with Gasteiger partial charge in [0.2, 0.25) is 0 Å². The molecule has 0 radical (unpaired) electrons. The first-order valence-electron chi connectivity index (χ1n) is 13.3. The minimum atomic E-state index is -4.74. The Morgan fingerprint density at radius 3 is 2.50 bits per heavy atom. The average molecular weight is 553 g/mol. The van der Waals surface area contributed by atoms with Crippen LogP contribution < -0.4 is 10.2 Å². The molecule has 0 bridgehead atoms. The first-order valence-corrected chi connectivity index (χ1v) is 13.3. The summed E-state index contributed by atoms with van der Waals surface area (Å²) in [7, 11) is 1.80. The van der Waals surface area contributed by atoms with Crippen molar-refractivity contribution in [2.24, 2.45) is 0 Å². The molecule has 11 heteroatoms. The van der Waals surface area contributed by atoms with Crippen molar-refractivity contribution in [3.8, 4) is 0 Å². The third kappa shape index (κ3) is 5.64. The van der Waals surface area contributed by atoms with Gasteiger partial charge in [0.15, 0.2) is 5.69 Å². The molecule has 40 heavy (non-hydrogen) atoms. The van der Waals surface area contributed by atoms with Crippen molar-refractivity contribution in [1.29, 1.82) is 0 Å². The minimum absolute atomic E-state index is 0.0582. The number of nitrogens with zero attached hydrogens (tertiary/aromatic N) is 5. The number of piperidine rings is 1. The summed E-state index contributed by atoms with van der Waals surface area (Å²) in [5, 5.41) is 2.73. The normalized spacial score (nSPS) is 17.4. The number of amides is 2. The maximum absolute atomic E-state index is 13.5. The fourth-order valence-corrected chi connectivity index (χ4v) is 5.65. The number of aromatic nitrogens is 3. The first-order chi connectivity index (χ1) is 19.0. The average Bonchev–Trinajstić information content (AvgIpc) is 3.33. The van der Waals surface area contributed by atoms with Crippen LogP contribution in [0.5, 0.6) is 0 Å². The highest BCUT2D eigenvalue weighted by Gasteiger charge is 2.38. The summed E-state index contributed by atoms with van der Waals surface area (Å²) in [6, 6.07) is 9.38. The van der Waals surface area contributed by atoms with Crippen LogP contribution in [-0.2, 0) is 12.6 Å². The van der Waals surface area contributed by atoms with Crippen LogP contribution in [0.3, 0.4) is 0 Å². The summed E-state index contributed by atoms with van der Waals surface area (Å²) in [6.45, 7) is 5.36. The number of anilines is 1.